The highest BCUT2D eigenvalue weighted by Crippen LogP contribution is 2.34. The van der Waals surface area contributed by atoms with Crippen molar-refractivity contribution in [1.29, 1.82) is 0 Å². The molecule has 1 aromatic heterocycles. The van der Waals surface area contributed by atoms with Crippen molar-refractivity contribution in [3.8, 4) is 0 Å². The number of urea groups is 1. The molecule has 0 aliphatic heterocycles. The fourth-order valence-corrected chi connectivity index (χ4v) is 2.35. The van der Waals surface area contributed by atoms with E-state index in [4.69, 9.17) is 0 Å². The van der Waals surface area contributed by atoms with E-state index in [1.807, 2.05) is 0 Å². The number of rotatable bonds is 4. The Morgan fingerprint density at radius 1 is 1.28 bits per heavy atom. The number of hydrogen-bond donors (Lipinski definition) is 2. The Kier molecular flexibility index (Phi) is 5.29. The number of nitrogens with one attached hydrogen (secondary N) is 2. The summed E-state index contributed by atoms with van der Waals surface area (Å²) >= 11 is 0. The maximum absolute atomic E-state index is 13.5. The first-order chi connectivity index (χ1) is 11.6. The highest BCUT2D eigenvalue weighted by Gasteiger charge is 2.38. The van der Waals surface area contributed by atoms with Gasteiger partial charge in [-0.15, -0.1) is 0 Å². The lowest BCUT2D eigenvalue weighted by Crippen LogP contribution is -2.33. The normalized spacial score (nSPS) is 12.8. The van der Waals surface area contributed by atoms with E-state index in [1.165, 1.54) is 6.20 Å². The number of carbonyl (C=O) groups excluding carboxylic acids is 1. The Bertz CT molecular complexity index is 749. The van der Waals surface area contributed by atoms with Gasteiger partial charge in [0.1, 0.15) is 17.2 Å². The number of benzene rings is 1. The van der Waals surface area contributed by atoms with Crippen molar-refractivity contribution in [2.75, 3.05) is 5.32 Å². The third-order valence-corrected chi connectivity index (χ3v) is 3.51. The third kappa shape index (κ3) is 4.25. The summed E-state index contributed by atoms with van der Waals surface area (Å²) in [4.78, 5) is 12.0. The lowest BCUT2D eigenvalue weighted by atomic mass is 10.1. The van der Waals surface area contributed by atoms with Gasteiger partial charge in [-0.1, -0.05) is 6.92 Å². The quantitative estimate of drug-likeness (QED) is 0.808. The molecule has 0 aliphatic carbocycles. The Balaban J connectivity index is 2.14. The summed E-state index contributed by atoms with van der Waals surface area (Å²) in [6.07, 6.45) is -3.12. The highest BCUT2D eigenvalue weighted by atomic mass is 19.4. The van der Waals surface area contributed by atoms with Gasteiger partial charge in [0.15, 0.2) is 0 Å². The molecule has 1 aromatic carbocycles. The molecule has 25 heavy (non-hydrogen) atoms. The van der Waals surface area contributed by atoms with Crippen molar-refractivity contribution in [2.45, 2.75) is 25.6 Å². The number of aromatic nitrogens is 2. The summed E-state index contributed by atoms with van der Waals surface area (Å²) in [6.45, 7) is 1.80. The number of aryl methyl sites for hydroxylation is 1. The number of nitrogens with zero attached hydrogens (tertiary/aromatic N) is 2. The van der Waals surface area contributed by atoms with Crippen molar-refractivity contribution in [1.82, 2.24) is 15.1 Å². The van der Waals surface area contributed by atoms with Crippen LogP contribution in [0.5, 0.6) is 0 Å². The van der Waals surface area contributed by atoms with Gasteiger partial charge in [-0.25, -0.2) is 13.6 Å². The van der Waals surface area contributed by atoms with Gasteiger partial charge in [-0.2, -0.15) is 18.3 Å². The second kappa shape index (κ2) is 7.08. The highest BCUT2D eigenvalue weighted by molar-refractivity contribution is 5.89. The average Bonchev–Trinajstić information content (AvgIpc) is 2.88. The Morgan fingerprint density at radius 2 is 1.88 bits per heavy atom. The van der Waals surface area contributed by atoms with Crippen LogP contribution in [0.4, 0.5) is 32.4 Å². The first kappa shape index (κ1) is 18.7. The minimum absolute atomic E-state index is 0.413. The summed E-state index contributed by atoms with van der Waals surface area (Å²) in [7, 11) is 1.68. The van der Waals surface area contributed by atoms with Crippen LogP contribution in [0.25, 0.3) is 0 Å². The Morgan fingerprint density at radius 3 is 2.32 bits per heavy atom. The zero-order chi connectivity index (χ0) is 18.8. The molecule has 0 fully saturated rings. The third-order valence-electron chi connectivity index (χ3n) is 3.51. The fourth-order valence-electron chi connectivity index (χ4n) is 2.35. The van der Waals surface area contributed by atoms with Gasteiger partial charge in [0.25, 0.3) is 0 Å². The molecule has 2 amide bonds. The van der Waals surface area contributed by atoms with E-state index in [2.05, 4.69) is 15.7 Å². The second-order valence-corrected chi connectivity index (χ2v) is 5.25. The van der Waals surface area contributed by atoms with E-state index >= 15 is 0 Å². The van der Waals surface area contributed by atoms with E-state index in [1.54, 1.807) is 24.7 Å². The van der Waals surface area contributed by atoms with Crippen molar-refractivity contribution in [2.24, 2.45) is 7.05 Å². The van der Waals surface area contributed by atoms with Crippen LogP contribution in [0.15, 0.2) is 24.4 Å². The zero-order valence-corrected chi connectivity index (χ0v) is 13.3. The van der Waals surface area contributed by atoms with Crippen LogP contribution < -0.4 is 10.6 Å². The van der Waals surface area contributed by atoms with E-state index in [9.17, 15) is 26.7 Å². The topological polar surface area (TPSA) is 59.0 Å². The molecule has 0 saturated carbocycles. The van der Waals surface area contributed by atoms with Gasteiger partial charge in [-0.3, -0.25) is 4.68 Å². The molecular weight excluding hydrogens is 347 g/mol. The molecule has 5 nitrogen and oxygen atoms in total. The first-order valence-corrected chi connectivity index (χ1v) is 7.25. The molecule has 0 aliphatic rings. The van der Waals surface area contributed by atoms with Crippen LogP contribution in [0.1, 0.15) is 30.6 Å². The molecule has 2 N–H and O–H groups in total. The van der Waals surface area contributed by atoms with Crippen molar-refractivity contribution >= 4 is 11.7 Å². The molecule has 0 bridgehead atoms. The van der Waals surface area contributed by atoms with Gasteiger partial charge in [-0.05, 0) is 24.6 Å². The lowest BCUT2D eigenvalue weighted by molar-refractivity contribution is -0.142. The summed E-state index contributed by atoms with van der Waals surface area (Å²) in [5, 5.41) is 8.66. The maximum Gasteiger partial charge on any atom is 0.422 e. The molecule has 1 heterocycles. The minimum atomic E-state index is -5.16. The SMILES string of the molecule is CC[C@H](NC(=O)Nc1cc(F)c(C(F)(F)F)c(F)c1)c1ccnn1C. The summed E-state index contributed by atoms with van der Waals surface area (Å²) in [5.74, 6) is -3.61. The molecular formula is C15H15F5N4O. The molecule has 0 spiro atoms. The fraction of sp³-hybridized carbons (Fsp3) is 0.333. The number of halogens is 5. The number of hydrogen-bond acceptors (Lipinski definition) is 2. The molecule has 2 rings (SSSR count). The molecule has 10 heteroatoms. The van der Waals surface area contributed by atoms with Crippen molar-refractivity contribution in [3.05, 3.63) is 47.3 Å². The molecule has 2 aromatic rings. The van der Waals surface area contributed by atoms with Crippen LogP contribution in [0, 0.1) is 11.6 Å². The monoisotopic (exact) mass is 362 g/mol. The molecule has 136 valence electrons. The smallest absolute Gasteiger partial charge is 0.330 e. The summed E-state index contributed by atoms with van der Waals surface area (Å²) in [5.41, 5.74) is -1.73. The van der Waals surface area contributed by atoms with Gasteiger partial charge >= 0.3 is 12.2 Å². The second-order valence-electron chi connectivity index (χ2n) is 5.25. The molecule has 1 atom stereocenters. The average molecular weight is 362 g/mol. The van der Waals surface area contributed by atoms with Crippen LogP contribution in [0.2, 0.25) is 0 Å². The standard InChI is InChI=1S/C15H15F5N4O/c1-3-11(12-4-5-21-24(12)2)23-14(25)22-8-6-9(16)13(10(17)7-8)15(18,19)20/h4-7,11H,3H2,1-2H3,(H2,22,23,25)/t11-/m0/s1. The minimum Gasteiger partial charge on any atom is -0.330 e. The molecule has 0 unspecified atom stereocenters. The van der Waals surface area contributed by atoms with Crippen molar-refractivity contribution < 1.29 is 26.7 Å². The van der Waals surface area contributed by atoms with Crippen LogP contribution in [0.3, 0.4) is 0 Å². The first-order valence-electron chi connectivity index (χ1n) is 7.25. The number of carbonyl (C=O) groups is 1. The predicted octanol–water partition coefficient (Wildman–Crippen LogP) is 3.99. The van der Waals surface area contributed by atoms with E-state index in [0.717, 1.165) is 0 Å². The lowest BCUT2D eigenvalue weighted by Gasteiger charge is -2.18. The van der Waals surface area contributed by atoms with Gasteiger partial charge in [0, 0.05) is 18.9 Å². The summed E-state index contributed by atoms with van der Waals surface area (Å²) < 4.78 is 66.2. The van der Waals surface area contributed by atoms with E-state index in [-0.39, 0.29) is 0 Å². The summed E-state index contributed by atoms with van der Waals surface area (Å²) in [6, 6.07) is 1.27. The number of amides is 2. The van der Waals surface area contributed by atoms with E-state index in [0.29, 0.717) is 24.2 Å². The van der Waals surface area contributed by atoms with Crippen LogP contribution in [-0.4, -0.2) is 15.8 Å². The predicted molar refractivity (Wildman–Crippen MR) is 79.8 cm³/mol. The van der Waals surface area contributed by atoms with Gasteiger partial charge in [0.05, 0.1) is 11.7 Å². The van der Waals surface area contributed by atoms with E-state index < -0.39 is 41.1 Å². The number of alkyl halides is 3. The molecule has 0 radical (unpaired) electrons. The van der Waals surface area contributed by atoms with Crippen LogP contribution in [-0.2, 0) is 13.2 Å². The molecule has 0 saturated heterocycles. The Hall–Kier alpha value is -2.65. The number of anilines is 1. The maximum atomic E-state index is 13.5. The van der Waals surface area contributed by atoms with Crippen molar-refractivity contribution in [3.63, 3.8) is 0 Å². The van der Waals surface area contributed by atoms with Gasteiger partial charge < -0.3 is 10.6 Å². The van der Waals surface area contributed by atoms with Crippen LogP contribution >= 0.6 is 0 Å². The van der Waals surface area contributed by atoms with Gasteiger partial charge in [0.2, 0.25) is 0 Å². The zero-order valence-electron chi connectivity index (χ0n) is 13.3. The Labute approximate surface area is 139 Å². The largest absolute Gasteiger partial charge is 0.422 e.